The minimum atomic E-state index is 0.112. The van der Waals surface area contributed by atoms with Gasteiger partial charge in [-0.05, 0) is 43.5 Å². The van der Waals surface area contributed by atoms with Crippen molar-refractivity contribution >= 4 is 12.0 Å². The maximum atomic E-state index is 11.8. The van der Waals surface area contributed by atoms with Crippen LogP contribution >= 0.6 is 0 Å². The molecule has 18 heavy (non-hydrogen) atoms. The number of amides is 1. The van der Waals surface area contributed by atoms with E-state index in [4.69, 9.17) is 4.74 Å². The summed E-state index contributed by atoms with van der Waals surface area (Å²) in [4.78, 5) is 13.7. The molecule has 1 aromatic carbocycles. The van der Waals surface area contributed by atoms with Crippen LogP contribution < -0.4 is 4.74 Å². The van der Waals surface area contributed by atoms with Crippen LogP contribution in [0.1, 0.15) is 25.3 Å². The number of hydrogen-bond donors (Lipinski definition) is 0. The first-order chi connectivity index (χ1) is 8.79. The summed E-state index contributed by atoms with van der Waals surface area (Å²) in [5.41, 5.74) is 1.02. The van der Waals surface area contributed by atoms with Gasteiger partial charge in [-0.1, -0.05) is 12.1 Å². The van der Waals surface area contributed by atoms with Gasteiger partial charge in [0.05, 0.1) is 6.61 Å². The Balaban J connectivity index is 1.93. The van der Waals surface area contributed by atoms with E-state index in [1.54, 1.807) is 6.08 Å². The summed E-state index contributed by atoms with van der Waals surface area (Å²) < 4.78 is 5.37. The van der Waals surface area contributed by atoms with E-state index < -0.39 is 0 Å². The summed E-state index contributed by atoms with van der Waals surface area (Å²) in [5, 5.41) is 0. The maximum absolute atomic E-state index is 11.8. The normalized spacial score (nSPS) is 15.3. The molecule has 1 aliphatic rings. The van der Waals surface area contributed by atoms with Crippen molar-refractivity contribution in [1.82, 2.24) is 4.90 Å². The first-order valence-corrected chi connectivity index (χ1v) is 6.49. The molecule has 0 N–H and O–H groups in total. The number of carbonyl (C=O) groups is 1. The summed E-state index contributed by atoms with van der Waals surface area (Å²) in [6.07, 6.45) is 5.77. The van der Waals surface area contributed by atoms with Gasteiger partial charge in [0.15, 0.2) is 0 Å². The molecular formula is C15H19NO2. The Kier molecular flexibility index (Phi) is 4.40. The van der Waals surface area contributed by atoms with Gasteiger partial charge < -0.3 is 9.64 Å². The standard InChI is InChI=1S/C15H19NO2/c1-2-18-14-8-5-13(6-9-14)7-10-15(17)16-11-3-4-12-16/h5-10H,2-4,11-12H2,1H3. The van der Waals surface area contributed by atoms with E-state index in [0.717, 1.165) is 37.2 Å². The van der Waals surface area contributed by atoms with Gasteiger partial charge in [0.25, 0.3) is 0 Å². The maximum Gasteiger partial charge on any atom is 0.246 e. The lowest BCUT2D eigenvalue weighted by molar-refractivity contribution is -0.124. The number of hydrogen-bond acceptors (Lipinski definition) is 2. The molecule has 96 valence electrons. The highest BCUT2D eigenvalue weighted by Gasteiger charge is 2.14. The lowest BCUT2D eigenvalue weighted by atomic mass is 10.2. The molecule has 0 saturated carbocycles. The van der Waals surface area contributed by atoms with Gasteiger partial charge in [0, 0.05) is 19.2 Å². The molecular weight excluding hydrogens is 226 g/mol. The topological polar surface area (TPSA) is 29.5 Å². The van der Waals surface area contributed by atoms with Crippen LogP contribution in [0.15, 0.2) is 30.3 Å². The number of nitrogens with zero attached hydrogens (tertiary/aromatic N) is 1. The van der Waals surface area contributed by atoms with Crippen LogP contribution in [-0.2, 0) is 4.79 Å². The number of ether oxygens (including phenoxy) is 1. The predicted octanol–water partition coefficient (Wildman–Crippen LogP) is 2.72. The van der Waals surface area contributed by atoms with Gasteiger partial charge in [-0.15, -0.1) is 0 Å². The number of rotatable bonds is 4. The van der Waals surface area contributed by atoms with Crippen molar-refractivity contribution in [3.63, 3.8) is 0 Å². The Morgan fingerprint density at radius 1 is 1.28 bits per heavy atom. The minimum absolute atomic E-state index is 0.112. The molecule has 3 nitrogen and oxygen atoms in total. The van der Waals surface area contributed by atoms with Gasteiger partial charge in [0.1, 0.15) is 5.75 Å². The summed E-state index contributed by atoms with van der Waals surface area (Å²) in [7, 11) is 0. The van der Waals surface area contributed by atoms with Crippen LogP contribution in [-0.4, -0.2) is 30.5 Å². The molecule has 1 aliphatic heterocycles. The monoisotopic (exact) mass is 245 g/mol. The Morgan fingerprint density at radius 2 is 1.94 bits per heavy atom. The van der Waals surface area contributed by atoms with Crippen LogP contribution in [0, 0.1) is 0 Å². The Morgan fingerprint density at radius 3 is 2.56 bits per heavy atom. The molecule has 3 heteroatoms. The molecule has 0 aromatic heterocycles. The van der Waals surface area contributed by atoms with Gasteiger partial charge in [-0.25, -0.2) is 0 Å². The molecule has 0 atom stereocenters. The Hall–Kier alpha value is -1.77. The second-order valence-electron chi connectivity index (χ2n) is 4.37. The van der Waals surface area contributed by atoms with Crippen LogP contribution in [0.5, 0.6) is 5.75 Å². The average Bonchev–Trinajstić information content (AvgIpc) is 2.92. The van der Waals surface area contributed by atoms with Crippen LogP contribution in [0.3, 0.4) is 0 Å². The predicted molar refractivity (Wildman–Crippen MR) is 72.5 cm³/mol. The summed E-state index contributed by atoms with van der Waals surface area (Å²) in [6.45, 7) is 4.42. The molecule has 1 saturated heterocycles. The largest absolute Gasteiger partial charge is 0.494 e. The molecule has 0 radical (unpaired) electrons. The third-order valence-corrected chi connectivity index (χ3v) is 3.03. The molecule has 1 heterocycles. The van der Waals surface area contributed by atoms with Crippen molar-refractivity contribution in [2.45, 2.75) is 19.8 Å². The fraction of sp³-hybridized carbons (Fsp3) is 0.400. The van der Waals surface area contributed by atoms with Crippen molar-refractivity contribution in [1.29, 1.82) is 0 Å². The fourth-order valence-corrected chi connectivity index (χ4v) is 2.05. The van der Waals surface area contributed by atoms with Gasteiger partial charge in [-0.2, -0.15) is 0 Å². The highest BCUT2D eigenvalue weighted by atomic mass is 16.5. The molecule has 0 bridgehead atoms. The minimum Gasteiger partial charge on any atom is -0.494 e. The Bertz CT molecular complexity index is 417. The molecule has 0 unspecified atom stereocenters. The van der Waals surface area contributed by atoms with Crippen molar-refractivity contribution in [3.05, 3.63) is 35.9 Å². The summed E-state index contributed by atoms with van der Waals surface area (Å²) >= 11 is 0. The quantitative estimate of drug-likeness (QED) is 0.763. The molecule has 0 aliphatic carbocycles. The lowest BCUT2D eigenvalue weighted by Crippen LogP contribution is -2.25. The van der Waals surface area contributed by atoms with E-state index >= 15 is 0 Å². The Labute approximate surface area is 108 Å². The van der Waals surface area contributed by atoms with E-state index in [0.29, 0.717) is 6.61 Å². The van der Waals surface area contributed by atoms with Gasteiger partial charge in [-0.3, -0.25) is 4.79 Å². The highest BCUT2D eigenvalue weighted by Crippen LogP contribution is 2.14. The zero-order valence-electron chi connectivity index (χ0n) is 10.8. The van der Waals surface area contributed by atoms with Crippen LogP contribution in [0.4, 0.5) is 0 Å². The molecule has 1 amide bonds. The zero-order chi connectivity index (χ0) is 12.8. The molecule has 0 spiro atoms. The summed E-state index contributed by atoms with van der Waals surface area (Å²) in [6, 6.07) is 7.75. The second kappa shape index (κ2) is 6.24. The van der Waals surface area contributed by atoms with Crippen LogP contribution in [0.2, 0.25) is 0 Å². The first kappa shape index (κ1) is 12.7. The van der Waals surface area contributed by atoms with Crippen molar-refractivity contribution in [2.24, 2.45) is 0 Å². The number of likely N-dealkylation sites (tertiary alicyclic amines) is 1. The fourth-order valence-electron chi connectivity index (χ4n) is 2.05. The SMILES string of the molecule is CCOc1ccc(C=CC(=O)N2CCCC2)cc1. The lowest BCUT2D eigenvalue weighted by Gasteiger charge is -2.11. The third-order valence-electron chi connectivity index (χ3n) is 3.03. The van der Waals surface area contributed by atoms with Crippen molar-refractivity contribution < 1.29 is 9.53 Å². The first-order valence-electron chi connectivity index (χ1n) is 6.49. The van der Waals surface area contributed by atoms with Crippen molar-refractivity contribution in [3.8, 4) is 5.75 Å². The van der Waals surface area contributed by atoms with Crippen molar-refractivity contribution in [2.75, 3.05) is 19.7 Å². The van der Waals surface area contributed by atoms with Crippen LogP contribution in [0.25, 0.3) is 6.08 Å². The number of carbonyl (C=O) groups excluding carboxylic acids is 1. The van der Waals surface area contributed by atoms with E-state index in [1.165, 1.54) is 0 Å². The van der Waals surface area contributed by atoms with E-state index in [-0.39, 0.29) is 5.91 Å². The molecule has 1 aromatic rings. The zero-order valence-corrected chi connectivity index (χ0v) is 10.8. The van der Waals surface area contributed by atoms with E-state index in [1.807, 2.05) is 42.2 Å². The van der Waals surface area contributed by atoms with E-state index in [9.17, 15) is 4.79 Å². The third kappa shape index (κ3) is 3.36. The highest BCUT2D eigenvalue weighted by molar-refractivity contribution is 5.91. The summed E-state index contributed by atoms with van der Waals surface area (Å²) in [5.74, 6) is 0.974. The van der Waals surface area contributed by atoms with E-state index in [2.05, 4.69) is 0 Å². The molecule has 2 rings (SSSR count). The second-order valence-corrected chi connectivity index (χ2v) is 4.37. The smallest absolute Gasteiger partial charge is 0.246 e. The van der Waals surface area contributed by atoms with Gasteiger partial charge >= 0.3 is 0 Å². The van der Waals surface area contributed by atoms with Gasteiger partial charge in [0.2, 0.25) is 5.91 Å². The average molecular weight is 245 g/mol. The molecule has 1 fully saturated rings. The number of benzene rings is 1.